The van der Waals surface area contributed by atoms with Crippen LogP contribution < -0.4 is 0 Å². The summed E-state index contributed by atoms with van der Waals surface area (Å²) in [6.07, 6.45) is 8.31. The van der Waals surface area contributed by atoms with E-state index in [1.807, 2.05) is 18.5 Å². The highest BCUT2D eigenvalue weighted by Crippen LogP contribution is 2.26. The number of hydrogen-bond donors (Lipinski definition) is 1. The predicted octanol–water partition coefficient (Wildman–Crippen LogP) is 3.38. The summed E-state index contributed by atoms with van der Waals surface area (Å²) in [5.74, 6) is -0.521. The van der Waals surface area contributed by atoms with Crippen LogP contribution in [-0.4, -0.2) is 28.9 Å². The van der Waals surface area contributed by atoms with Gasteiger partial charge in [-0.15, -0.1) is 11.3 Å². The average molecular weight is 307 g/mol. The van der Waals surface area contributed by atoms with Crippen LogP contribution in [-0.2, 0) is 16.1 Å². The Hall–Kier alpha value is -1.62. The van der Waals surface area contributed by atoms with Gasteiger partial charge in [0.05, 0.1) is 0 Å². The molecule has 1 heterocycles. The summed E-state index contributed by atoms with van der Waals surface area (Å²) in [6, 6.07) is 1.94. The summed E-state index contributed by atoms with van der Waals surface area (Å²) in [5.41, 5.74) is 1.05. The molecule has 1 aromatic rings. The lowest BCUT2D eigenvalue weighted by Crippen LogP contribution is -2.33. The molecule has 1 aliphatic rings. The molecule has 2 rings (SSSR count). The van der Waals surface area contributed by atoms with E-state index in [1.54, 1.807) is 11.0 Å². The number of nitrogens with zero attached hydrogens (tertiary/aromatic N) is 1. The molecule has 0 bridgehead atoms. The number of rotatable bonds is 5. The summed E-state index contributed by atoms with van der Waals surface area (Å²) in [6.45, 7) is 0.590. The molecule has 0 aliphatic heterocycles. The van der Waals surface area contributed by atoms with Crippen molar-refractivity contribution in [2.24, 2.45) is 5.92 Å². The van der Waals surface area contributed by atoms with E-state index >= 15 is 0 Å². The van der Waals surface area contributed by atoms with Crippen LogP contribution in [0.5, 0.6) is 0 Å². The second kappa shape index (κ2) is 7.41. The Kier molecular flexibility index (Phi) is 5.56. The van der Waals surface area contributed by atoms with Gasteiger partial charge < -0.3 is 10.0 Å². The first-order chi connectivity index (χ1) is 10.1. The van der Waals surface area contributed by atoms with Gasteiger partial charge in [0, 0.05) is 30.5 Å². The van der Waals surface area contributed by atoms with E-state index in [1.165, 1.54) is 17.8 Å². The fourth-order valence-corrected chi connectivity index (χ4v) is 3.53. The van der Waals surface area contributed by atoms with E-state index in [2.05, 4.69) is 0 Å². The van der Waals surface area contributed by atoms with Gasteiger partial charge in [0.15, 0.2) is 0 Å². The summed E-state index contributed by atoms with van der Waals surface area (Å²) in [5, 5.41) is 10.6. The Morgan fingerprint density at radius 1 is 1.38 bits per heavy atom. The van der Waals surface area contributed by atoms with Crippen LogP contribution >= 0.6 is 11.3 Å². The number of carbonyl (C=O) groups excluding carboxylic acids is 1. The molecule has 4 nitrogen and oxygen atoms in total. The molecule has 1 aliphatic carbocycles. The molecule has 1 N–H and O–H groups in total. The zero-order valence-electron chi connectivity index (χ0n) is 12.2. The van der Waals surface area contributed by atoms with Crippen molar-refractivity contribution < 1.29 is 14.7 Å². The van der Waals surface area contributed by atoms with Gasteiger partial charge in [0.25, 0.3) is 0 Å². The first-order valence-electron chi connectivity index (χ1n) is 7.29. The van der Waals surface area contributed by atoms with Gasteiger partial charge >= 0.3 is 5.97 Å². The second-order valence-electron chi connectivity index (χ2n) is 5.56. The van der Waals surface area contributed by atoms with Crippen LogP contribution in [0.4, 0.5) is 0 Å². The molecular weight excluding hydrogens is 286 g/mol. The van der Waals surface area contributed by atoms with Crippen LogP contribution in [0.15, 0.2) is 17.5 Å². The topological polar surface area (TPSA) is 57.6 Å². The monoisotopic (exact) mass is 307 g/mol. The van der Waals surface area contributed by atoms with Crippen molar-refractivity contribution in [3.8, 4) is 0 Å². The van der Waals surface area contributed by atoms with Crippen LogP contribution in [0.25, 0.3) is 6.08 Å². The lowest BCUT2D eigenvalue weighted by Gasteiger charge is -2.26. The van der Waals surface area contributed by atoms with E-state index < -0.39 is 5.97 Å². The number of carbonyl (C=O) groups is 2. The minimum atomic E-state index is -0.949. The quantitative estimate of drug-likeness (QED) is 0.848. The maximum Gasteiger partial charge on any atom is 0.328 e. The highest BCUT2D eigenvalue weighted by Gasteiger charge is 2.24. The molecule has 0 aromatic carbocycles. The largest absolute Gasteiger partial charge is 0.478 e. The first kappa shape index (κ1) is 15.8. The Morgan fingerprint density at radius 2 is 2.10 bits per heavy atom. The normalized spacial score (nSPS) is 16.2. The maximum absolute atomic E-state index is 12.4. The van der Waals surface area contributed by atoms with Crippen molar-refractivity contribution in [2.45, 2.75) is 38.6 Å². The van der Waals surface area contributed by atoms with Crippen LogP contribution in [0.3, 0.4) is 0 Å². The molecule has 1 amide bonds. The molecule has 1 saturated carbocycles. The Morgan fingerprint density at radius 3 is 2.76 bits per heavy atom. The second-order valence-corrected chi connectivity index (χ2v) is 6.50. The number of carboxylic acid groups (broad SMARTS) is 1. The fraction of sp³-hybridized carbons (Fsp3) is 0.500. The number of aliphatic carboxylic acids is 1. The lowest BCUT2D eigenvalue weighted by atomic mass is 9.88. The number of thiophene rings is 1. The van der Waals surface area contributed by atoms with Gasteiger partial charge in [-0.25, -0.2) is 4.79 Å². The van der Waals surface area contributed by atoms with Crippen molar-refractivity contribution in [2.75, 3.05) is 7.05 Å². The summed E-state index contributed by atoms with van der Waals surface area (Å²) in [4.78, 5) is 25.5. The van der Waals surface area contributed by atoms with Crippen molar-refractivity contribution >= 4 is 29.3 Å². The van der Waals surface area contributed by atoms with Gasteiger partial charge in [0.2, 0.25) is 5.91 Å². The van der Waals surface area contributed by atoms with Gasteiger partial charge in [0.1, 0.15) is 0 Å². The summed E-state index contributed by atoms with van der Waals surface area (Å²) in [7, 11) is 1.85. The fourth-order valence-electron chi connectivity index (χ4n) is 2.73. The van der Waals surface area contributed by atoms with Crippen molar-refractivity contribution in [1.82, 2.24) is 4.90 Å². The third kappa shape index (κ3) is 4.70. The van der Waals surface area contributed by atoms with Crippen LogP contribution in [0, 0.1) is 5.92 Å². The number of hydrogen-bond acceptors (Lipinski definition) is 3. The molecule has 1 fully saturated rings. The SMILES string of the molecule is CN(Cc1csc(C=CC(=O)O)c1)C(=O)C1CCCCC1. The Labute approximate surface area is 129 Å². The molecule has 0 unspecified atom stereocenters. The number of carboxylic acids is 1. The smallest absolute Gasteiger partial charge is 0.328 e. The van der Waals surface area contributed by atoms with Crippen LogP contribution in [0.2, 0.25) is 0 Å². The van der Waals surface area contributed by atoms with E-state index in [-0.39, 0.29) is 11.8 Å². The van der Waals surface area contributed by atoms with Gasteiger partial charge in [-0.3, -0.25) is 4.79 Å². The van der Waals surface area contributed by atoms with E-state index in [4.69, 9.17) is 5.11 Å². The third-order valence-corrected chi connectivity index (χ3v) is 4.76. The minimum Gasteiger partial charge on any atom is -0.478 e. The predicted molar refractivity (Wildman–Crippen MR) is 84.0 cm³/mol. The molecule has 0 atom stereocenters. The Bertz CT molecular complexity index is 529. The van der Waals surface area contributed by atoms with Gasteiger partial charge in [-0.05, 0) is 35.9 Å². The highest BCUT2D eigenvalue weighted by molar-refractivity contribution is 7.11. The average Bonchev–Trinajstić information content (AvgIpc) is 2.92. The van der Waals surface area contributed by atoms with Gasteiger partial charge in [-0.2, -0.15) is 0 Å². The molecule has 1 aromatic heterocycles. The lowest BCUT2D eigenvalue weighted by molar-refractivity contribution is -0.135. The van der Waals surface area contributed by atoms with Crippen molar-refractivity contribution in [3.63, 3.8) is 0 Å². The molecule has 114 valence electrons. The molecule has 21 heavy (non-hydrogen) atoms. The molecular formula is C16H21NO3S. The molecule has 0 spiro atoms. The zero-order chi connectivity index (χ0) is 15.2. The molecule has 0 radical (unpaired) electrons. The molecule has 0 saturated heterocycles. The minimum absolute atomic E-state index is 0.189. The van der Waals surface area contributed by atoms with Crippen LogP contribution in [0.1, 0.15) is 42.5 Å². The number of amides is 1. The van der Waals surface area contributed by atoms with Crippen molar-refractivity contribution in [1.29, 1.82) is 0 Å². The summed E-state index contributed by atoms with van der Waals surface area (Å²) >= 11 is 1.49. The molecule has 5 heteroatoms. The zero-order valence-corrected chi connectivity index (χ0v) is 13.1. The third-order valence-electron chi connectivity index (χ3n) is 3.81. The Balaban J connectivity index is 1.91. The van der Waals surface area contributed by atoms with E-state index in [0.717, 1.165) is 42.2 Å². The van der Waals surface area contributed by atoms with Crippen molar-refractivity contribution in [3.05, 3.63) is 28.0 Å². The van der Waals surface area contributed by atoms with Gasteiger partial charge in [-0.1, -0.05) is 19.3 Å². The standard InChI is InChI=1S/C16H21NO3S/c1-17(16(20)13-5-3-2-4-6-13)10-12-9-14(21-11-12)7-8-15(18)19/h7-9,11,13H,2-6,10H2,1H3,(H,18,19). The highest BCUT2D eigenvalue weighted by atomic mass is 32.1. The maximum atomic E-state index is 12.4. The van der Waals surface area contributed by atoms with E-state index in [0.29, 0.717) is 6.54 Å². The summed E-state index contributed by atoms with van der Waals surface area (Å²) < 4.78 is 0. The van der Waals surface area contributed by atoms with E-state index in [9.17, 15) is 9.59 Å². The first-order valence-corrected chi connectivity index (χ1v) is 8.17.